The molecule has 2 unspecified atom stereocenters. The van der Waals surface area contributed by atoms with Crippen molar-refractivity contribution in [3.05, 3.63) is 28.8 Å². The van der Waals surface area contributed by atoms with Crippen LogP contribution in [0.5, 0.6) is 0 Å². The topological polar surface area (TPSA) is 34.9 Å². The molecule has 3 nitrogen and oxygen atoms in total. The summed E-state index contributed by atoms with van der Waals surface area (Å²) in [7, 11) is -0.879. The van der Waals surface area contributed by atoms with Gasteiger partial charge in [-0.15, -0.1) is 11.6 Å². The van der Waals surface area contributed by atoms with Crippen LogP contribution in [0.15, 0.2) is 12.1 Å². The molecule has 1 aromatic heterocycles. The van der Waals surface area contributed by atoms with Crippen molar-refractivity contribution in [3.63, 3.8) is 0 Å². The molecule has 0 bridgehead atoms. The fourth-order valence-corrected chi connectivity index (χ4v) is 2.94. The number of alkyl halides is 1. The molecule has 0 saturated carbocycles. The van der Waals surface area contributed by atoms with Crippen molar-refractivity contribution >= 4 is 45.0 Å². The lowest BCUT2D eigenvalue weighted by atomic mass is 10.3. The highest BCUT2D eigenvalue weighted by atomic mass is 35.5. The van der Waals surface area contributed by atoms with Gasteiger partial charge in [0, 0.05) is 47.2 Å². The van der Waals surface area contributed by atoms with Crippen molar-refractivity contribution in [2.75, 3.05) is 12.1 Å². The van der Waals surface area contributed by atoms with Crippen molar-refractivity contribution in [1.82, 2.24) is 9.55 Å². The number of hydrogen-bond donors (Lipinski definition) is 0. The van der Waals surface area contributed by atoms with Crippen molar-refractivity contribution in [1.29, 1.82) is 0 Å². The molecule has 7 heteroatoms. The zero-order valence-corrected chi connectivity index (χ0v) is 14.2. The van der Waals surface area contributed by atoms with Crippen LogP contribution in [0.1, 0.15) is 19.2 Å². The van der Waals surface area contributed by atoms with Crippen LogP contribution in [0.4, 0.5) is 4.39 Å². The molecular formula is C14H17Cl2FN2OS. The standard InChI is InChI=1S/C14H17Cl2FN2OS/c1-9(21(2)20)4-6-19-13-8-11(17)10(16)7-12(13)18-14(19)3-5-15/h7-9H,3-6H2,1-2H3. The lowest BCUT2D eigenvalue weighted by Gasteiger charge is -2.12. The third-order valence-corrected chi connectivity index (χ3v) is 5.36. The number of fused-ring (bicyclic) bond motifs is 1. The molecular weight excluding hydrogens is 334 g/mol. The average Bonchev–Trinajstić information content (AvgIpc) is 2.74. The van der Waals surface area contributed by atoms with Crippen molar-refractivity contribution in [2.45, 2.75) is 31.6 Å². The maximum absolute atomic E-state index is 13.7. The first kappa shape index (κ1) is 16.7. The van der Waals surface area contributed by atoms with E-state index in [4.69, 9.17) is 23.2 Å². The molecule has 1 heterocycles. The predicted molar refractivity (Wildman–Crippen MR) is 87.3 cm³/mol. The molecule has 2 atom stereocenters. The second-order valence-corrected chi connectivity index (χ2v) is 7.56. The number of nitrogens with zero attached hydrogens (tertiary/aromatic N) is 2. The minimum atomic E-state index is -0.879. The van der Waals surface area contributed by atoms with Gasteiger partial charge in [0.05, 0.1) is 16.1 Å². The van der Waals surface area contributed by atoms with Gasteiger partial charge in [0.1, 0.15) is 11.6 Å². The van der Waals surface area contributed by atoms with Gasteiger partial charge in [0.25, 0.3) is 0 Å². The van der Waals surface area contributed by atoms with E-state index >= 15 is 0 Å². The summed E-state index contributed by atoms with van der Waals surface area (Å²) in [5.41, 5.74) is 1.36. The molecule has 0 aliphatic rings. The van der Waals surface area contributed by atoms with Gasteiger partial charge in [-0.1, -0.05) is 18.5 Å². The number of benzene rings is 1. The third kappa shape index (κ3) is 3.76. The first-order chi connectivity index (χ1) is 9.93. The van der Waals surface area contributed by atoms with Crippen molar-refractivity contribution in [2.24, 2.45) is 0 Å². The van der Waals surface area contributed by atoms with Crippen LogP contribution in [-0.4, -0.2) is 31.1 Å². The summed E-state index contributed by atoms with van der Waals surface area (Å²) in [6, 6.07) is 2.93. The summed E-state index contributed by atoms with van der Waals surface area (Å²) in [6.45, 7) is 2.57. The van der Waals surface area contributed by atoms with Gasteiger partial charge in [-0.2, -0.15) is 0 Å². The molecule has 0 aliphatic heterocycles. The summed E-state index contributed by atoms with van der Waals surface area (Å²) in [5.74, 6) is 0.778. The highest BCUT2D eigenvalue weighted by Gasteiger charge is 2.15. The Balaban J connectivity index is 2.40. The second-order valence-electron chi connectivity index (χ2n) is 4.97. The van der Waals surface area contributed by atoms with E-state index in [1.54, 1.807) is 6.26 Å². The Morgan fingerprint density at radius 2 is 2.19 bits per heavy atom. The fourth-order valence-electron chi connectivity index (χ4n) is 2.17. The summed E-state index contributed by atoms with van der Waals surface area (Å²) in [5, 5.41) is 0.135. The van der Waals surface area contributed by atoms with Gasteiger partial charge in [-0.3, -0.25) is 4.21 Å². The molecule has 21 heavy (non-hydrogen) atoms. The van der Waals surface area contributed by atoms with E-state index < -0.39 is 16.6 Å². The maximum Gasteiger partial charge on any atom is 0.144 e. The number of hydrogen-bond acceptors (Lipinski definition) is 2. The molecule has 0 aliphatic carbocycles. The van der Waals surface area contributed by atoms with Crippen LogP contribution in [0.3, 0.4) is 0 Å². The van der Waals surface area contributed by atoms with E-state index in [-0.39, 0.29) is 10.3 Å². The van der Waals surface area contributed by atoms with Gasteiger partial charge in [-0.05, 0) is 12.5 Å². The van der Waals surface area contributed by atoms with Gasteiger partial charge < -0.3 is 4.57 Å². The van der Waals surface area contributed by atoms with Crippen molar-refractivity contribution in [3.8, 4) is 0 Å². The number of aromatic nitrogens is 2. The van der Waals surface area contributed by atoms with E-state index in [1.807, 2.05) is 11.5 Å². The van der Waals surface area contributed by atoms with Gasteiger partial charge >= 0.3 is 0 Å². The molecule has 2 aromatic rings. The predicted octanol–water partition coefficient (Wildman–Crippen LogP) is 3.77. The Bertz CT molecular complexity index is 675. The number of aryl methyl sites for hydroxylation is 2. The van der Waals surface area contributed by atoms with E-state index in [0.717, 1.165) is 12.2 Å². The third-order valence-electron chi connectivity index (χ3n) is 3.51. The fraction of sp³-hybridized carbons (Fsp3) is 0.500. The lowest BCUT2D eigenvalue weighted by Crippen LogP contribution is -2.14. The van der Waals surface area contributed by atoms with Crippen LogP contribution in [0, 0.1) is 5.82 Å². The number of imidazole rings is 1. The van der Waals surface area contributed by atoms with Crippen LogP contribution >= 0.6 is 23.2 Å². The Kier molecular flexibility index (Phi) is 5.63. The van der Waals surface area contributed by atoms with Crippen LogP contribution in [0.2, 0.25) is 5.02 Å². The summed E-state index contributed by atoms with van der Waals surface area (Å²) >= 11 is 11.6. The Morgan fingerprint density at radius 1 is 1.48 bits per heavy atom. The molecule has 0 amide bonds. The van der Waals surface area contributed by atoms with Gasteiger partial charge in [0.15, 0.2) is 0 Å². The molecule has 0 N–H and O–H groups in total. The zero-order chi connectivity index (χ0) is 15.6. The van der Waals surface area contributed by atoms with E-state index in [0.29, 0.717) is 29.9 Å². The van der Waals surface area contributed by atoms with E-state index in [9.17, 15) is 8.60 Å². The first-order valence-corrected chi connectivity index (χ1v) is 9.19. The minimum absolute atomic E-state index is 0.0626. The Morgan fingerprint density at radius 3 is 2.81 bits per heavy atom. The SMILES string of the molecule is CC(CCn1c(CCCl)nc2cc(Cl)c(F)cc21)S(C)=O. The monoisotopic (exact) mass is 350 g/mol. The molecule has 0 saturated heterocycles. The number of rotatable bonds is 6. The lowest BCUT2D eigenvalue weighted by molar-refractivity contribution is 0.606. The normalized spacial score (nSPS) is 14.5. The largest absolute Gasteiger partial charge is 0.328 e. The van der Waals surface area contributed by atoms with Crippen LogP contribution < -0.4 is 0 Å². The minimum Gasteiger partial charge on any atom is -0.328 e. The highest BCUT2D eigenvalue weighted by molar-refractivity contribution is 7.84. The van der Waals surface area contributed by atoms with Crippen LogP contribution in [0.25, 0.3) is 11.0 Å². The molecule has 0 fully saturated rings. The summed E-state index contributed by atoms with van der Waals surface area (Å²) < 4.78 is 27.1. The average molecular weight is 351 g/mol. The zero-order valence-electron chi connectivity index (χ0n) is 11.9. The van der Waals surface area contributed by atoms with Crippen LogP contribution in [-0.2, 0) is 23.8 Å². The van der Waals surface area contributed by atoms with E-state index in [1.165, 1.54) is 12.1 Å². The second kappa shape index (κ2) is 7.07. The van der Waals surface area contributed by atoms with Crippen molar-refractivity contribution < 1.29 is 8.60 Å². The molecule has 1 aromatic carbocycles. The molecule has 0 spiro atoms. The molecule has 2 rings (SSSR count). The summed E-state index contributed by atoms with van der Waals surface area (Å²) in [4.78, 5) is 4.48. The molecule has 0 radical (unpaired) electrons. The van der Waals surface area contributed by atoms with E-state index in [2.05, 4.69) is 4.98 Å². The Hall–Kier alpha value is -0.650. The number of halogens is 3. The maximum atomic E-state index is 13.7. The quantitative estimate of drug-likeness (QED) is 0.743. The highest BCUT2D eigenvalue weighted by Crippen LogP contribution is 2.24. The first-order valence-electron chi connectivity index (χ1n) is 6.66. The smallest absolute Gasteiger partial charge is 0.144 e. The summed E-state index contributed by atoms with van der Waals surface area (Å²) in [6.07, 6.45) is 3.02. The Labute approximate surface area is 135 Å². The van der Waals surface area contributed by atoms with Gasteiger partial charge in [-0.25, -0.2) is 9.37 Å². The molecule has 116 valence electrons. The van der Waals surface area contributed by atoms with Gasteiger partial charge in [0.2, 0.25) is 0 Å².